The Morgan fingerprint density at radius 3 is 2.35 bits per heavy atom. The maximum Gasteiger partial charge on any atom is 0.231 e. The highest BCUT2D eigenvalue weighted by atomic mass is 35.5. The van der Waals surface area contributed by atoms with Gasteiger partial charge in [-0.2, -0.15) is 0 Å². The fourth-order valence-corrected chi connectivity index (χ4v) is 2.57. The Morgan fingerprint density at radius 1 is 1.13 bits per heavy atom. The summed E-state index contributed by atoms with van der Waals surface area (Å²) in [5.41, 5.74) is 2.70. The molecule has 4 heteroatoms. The molecule has 0 saturated carbocycles. The number of benzene rings is 2. The van der Waals surface area contributed by atoms with E-state index in [-0.39, 0.29) is 16.8 Å². The Balaban J connectivity index is 2.05. The van der Waals surface area contributed by atoms with Gasteiger partial charge in [0.2, 0.25) is 5.91 Å². The molecule has 2 aromatic rings. The third kappa shape index (κ3) is 4.80. The molecule has 0 fully saturated rings. The summed E-state index contributed by atoms with van der Waals surface area (Å²) in [4.78, 5) is 12.3. The van der Waals surface area contributed by atoms with E-state index in [1.165, 1.54) is 23.8 Å². The molecule has 23 heavy (non-hydrogen) atoms. The molecule has 0 aliphatic rings. The maximum absolute atomic E-state index is 13.1. The van der Waals surface area contributed by atoms with Crippen LogP contribution in [0.3, 0.4) is 0 Å². The van der Waals surface area contributed by atoms with Gasteiger partial charge in [-0.25, -0.2) is 4.39 Å². The predicted octanol–water partition coefficient (Wildman–Crippen LogP) is 5.42. The van der Waals surface area contributed by atoms with Crippen LogP contribution in [0.2, 0.25) is 5.02 Å². The Labute approximate surface area is 141 Å². The molecule has 1 amide bonds. The number of hydrogen-bond donors (Lipinski definition) is 1. The lowest BCUT2D eigenvalue weighted by atomic mass is 9.96. The number of nitrogens with one attached hydrogen (secondary N) is 1. The fourth-order valence-electron chi connectivity index (χ4n) is 2.39. The summed E-state index contributed by atoms with van der Waals surface area (Å²) in [5, 5.41) is 2.76. The van der Waals surface area contributed by atoms with E-state index >= 15 is 0 Å². The molecular formula is C19H21ClFNO. The minimum absolute atomic E-state index is 0.00603. The molecule has 2 rings (SSSR count). The van der Waals surface area contributed by atoms with E-state index < -0.39 is 5.82 Å². The Bertz CT molecular complexity index is 682. The molecule has 0 aliphatic carbocycles. The van der Waals surface area contributed by atoms with Crippen molar-refractivity contribution in [2.24, 2.45) is 5.92 Å². The van der Waals surface area contributed by atoms with Gasteiger partial charge < -0.3 is 5.32 Å². The average molecular weight is 334 g/mol. The summed E-state index contributed by atoms with van der Waals surface area (Å²) >= 11 is 5.73. The van der Waals surface area contributed by atoms with Crippen molar-refractivity contribution < 1.29 is 9.18 Å². The predicted molar refractivity (Wildman–Crippen MR) is 93.4 cm³/mol. The summed E-state index contributed by atoms with van der Waals surface area (Å²) in [6.07, 6.45) is 1.02. The van der Waals surface area contributed by atoms with Gasteiger partial charge in [0, 0.05) is 5.69 Å². The lowest BCUT2D eigenvalue weighted by Crippen LogP contribution is -2.18. The molecule has 2 nitrogen and oxygen atoms in total. The van der Waals surface area contributed by atoms with E-state index in [2.05, 4.69) is 31.3 Å². The minimum Gasteiger partial charge on any atom is -0.326 e. The number of rotatable bonds is 5. The van der Waals surface area contributed by atoms with Crippen LogP contribution in [0.25, 0.3) is 0 Å². The van der Waals surface area contributed by atoms with Gasteiger partial charge in [0.25, 0.3) is 0 Å². The zero-order valence-electron chi connectivity index (χ0n) is 13.6. The smallest absolute Gasteiger partial charge is 0.231 e. The average Bonchev–Trinajstić information content (AvgIpc) is 2.50. The number of halogens is 2. The molecule has 122 valence electrons. The molecule has 0 radical (unpaired) electrons. The van der Waals surface area contributed by atoms with Gasteiger partial charge >= 0.3 is 0 Å². The van der Waals surface area contributed by atoms with Crippen molar-refractivity contribution in [1.82, 2.24) is 0 Å². The van der Waals surface area contributed by atoms with E-state index in [4.69, 9.17) is 11.6 Å². The molecule has 0 bridgehead atoms. The van der Waals surface area contributed by atoms with Gasteiger partial charge in [0.15, 0.2) is 0 Å². The van der Waals surface area contributed by atoms with Gasteiger partial charge in [-0.15, -0.1) is 0 Å². The Morgan fingerprint density at radius 2 is 1.78 bits per heavy atom. The van der Waals surface area contributed by atoms with Crippen LogP contribution in [0, 0.1) is 11.7 Å². The van der Waals surface area contributed by atoms with Crippen molar-refractivity contribution in [1.29, 1.82) is 0 Å². The minimum atomic E-state index is -0.501. The van der Waals surface area contributed by atoms with Crippen molar-refractivity contribution in [3.05, 3.63) is 64.4 Å². The third-order valence-electron chi connectivity index (χ3n) is 3.70. The second-order valence-corrected chi connectivity index (χ2v) is 6.59. The highest BCUT2D eigenvalue weighted by Gasteiger charge is 2.16. The first-order chi connectivity index (χ1) is 10.9. The van der Waals surface area contributed by atoms with Gasteiger partial charge in [-0.3, -0.25) is 4.79 Å². The fraction of sp³-hybridized carbons (Fsp3) is 0.316. The molecule has 0 saturated heterocycles. The van der Waals surface area contributed by atoms with E-state index in [0.29, 0.717) is 11.6 Å². The van der Waals surface area contributed by atoms with Crippen LogP contribution in [0.15, 0.2) is 42.5 Å². The highest BCUT2D eigenvalue weighted by Crippen LogP contribution is 2.22. The van der Waals surface area contributed by atoms with Gasteiger partial charge in [-0.05, 0) is 48.6 Å². The van der Waals surface area contributed by atoms with Crippen molar-refractivity contribution in [2.45, 2.75) is 33.1 Å². The van der Waals surface area contributed by atoms with Crippen LogP contribution in [-0.2, 0) is 11.2 Å². The van der Waals surface area contributed by atoms with Crippen LogP contribution in [0.1, 0.15) is 37.8 Å². The van der Waals surface area contributed by atoms with Crippen LogP contribution >= 0.6 is 11.6 Å². The number of amides is 1. The van der Waals surface area contributed by atoms with Crippen LogP contribution < -0.4 is 5.32 Å². The van der Waals surface area contributed by atoms with Gasteiger partial charge in [0.1, 0.15) is 5.82 Å². The zero-order valence-corrected chi connectivity index (χ0v) is 14.3. The first kappa shape index (κ1) is 17.5. The van der Waals surface area contributed by atoms with Gasteiger partial charge in [-0.1, -0.05) is 49.7 Å². The highest BCUT2D eigenvalue weighted by molar-refractivity contribution is 6.31. The van der Waals surface area contributed by atoms with Crippen LogP contribution in [0.5, 0.6) is 0 Å². The quantitative estimate of drug-likeness (QED) is 0.777. The normalized spacial score (nSPS) is 12.3. The molecule has 0 aliphatic heterocycles. The molecule has 0 unspecified atom stereocenters. The second-order valence-electron chi connectivity index (χ2n) is 6.18. The number of anilines is 1. The maximum atomic E-state index is 13.1. The summed E-state index contributed by atoms with van der Waals surface area (Å²) in [5.74, 6) is -0.348. The number of carbonyl (C=O) groups is 1. The van der Waals surface area contributed by atoms with E-state index in [1.54, 1.807) is 0 Å². The lowest BCUT2D eigenvalue weighted by Gasteiger charge is -2.14. The summed E-state index contributed by atoms with van der Waals surface area (Å²) in [7, 11) is 0. The first-order valence-corrected chi connectivity index (χ1v) is 8.09. The third-order valence-corrected chi connectivity index (χ3v) is 3.99. The number of hydrogen-bond acceptors (Lipinski definition) is 1. The van der Waals surface area contributed by atoms with Crippen LogP contribution in [-0.4, -0.2) is 5.91 Å². The Hall–Kier alpha value is -1.87. The van der Waals surface area contributed by atoms with E-state index in [0.717, 1.165) is 12.0 Å². The lowest BCUT2D eigenvalue weighted by molar-refractivity contribution is -0.117. The second kappa shape index (κ2) is 7.60. The standard InChI is InChI=1S/C19H21ClFNO/c1-12(2)10-14-4-6-15(7-5-14)13(3)19(23)22-16-8-9-18(21)17(20)11-16/h4-9,11-13H,10H2,1-3H3,(H,22,23)/t13-/m0/s1. The number of carbonyl (C=O) groups excluding carboxylic acids is 1. The summed E-state index contributed by atoms with van der Waals surface area (Å²) < 4.78 is 13.1. The van der Waals surface area contributed by atoms with Crippen molar-refractivity contribution in [2.75, 3.05) is 5.32 Å². The molecular weight excluding hydrogens is 313 g/mol. The first-order valence-electron chi connectivity index (χ1n) is 7.71. The molecule has 0 heterocycles. The molecule has 1 N–H and O–H groups in total. The monoisotopic (exact) mass is 333 g/mol. The molecule has 0 spiro atoms. The van der Waals surface area contributed by atoms with Crippen molar-refractivity contribution in [3.8, 4) is 0 Å². The molecule has 0 aromatic heterocycles. The van der Waals surface area contributed by atoms with Crippen molar-refractivity contribution >= 4 is 23.2 Å². The summed E-state index contributed by atoms with van der Waals surface area (Å²) in [6.45, 7) is 6.20. The molecule has 2 aromatic carbocycles. The zero-order chi connectivity index (χ0) is 17.0. The van der Waals surface area contributed by atoms with E-state index in [1.807, 2.05) is 19.1 Å². The van der Waals surface area contributed by atoms with Crippen molar-refractivity contribution in [3.63, 3.8) is 0 Å². The van der Waals surface area contributed by atoms with E-state index in [9.17, 15) is 9.18 Å². The van der Waals surface area contributed by atoms with Crippen LogP contribution in [0.4, 0.5) is 10.1 Å². The largest absolute Gasteiger partial charge is 0.326 e. The summed E-state index contributed by atoms with van der Waals surface area (Å²) in [6, 6.07) is 12.2. The topological polar surface area (TPSA) is 29.1 Å². The Kier molecular flexibility index (Phi) is 5.78. The molecule has 1 atom stereocenters. The SMILES string of the molecule is CC(C)Cc1ccc([C@H](C)C(=O)Nc2ccc(F)c(Cl)c2)cc1. The van der Waals surface area contributed by atoms with Gasteiger partial charge in [0.05, 0.1) is 10.9 Å².